The summed E-state index contributed by atoms with van der Waals surface area (Å²) in [6.07, 6.45) is 5.87. The van der Waals surface area contributed by atoms with Crippen LogP contribution in [-0.4, -0.2) is 27.0 Å². The number of benzene rings is 1. The Morgan fingerprint density at radius 2 is 2.12 bits per heavy atom. The molecule has 2 heterocycles. The number of carbonyl (C=O) groups excluding carboxylic acids is 1. The van der Waals surface area contributed by atoms with Crippen molar-refractivity contribution >= 4 is 56.7 Å². The van der Waals surface area contributed by atoms with Gasteiger partial charge in [0.25, 0.3) is 5.56 Å². The van der Waals surface area contributed by atoms with Gasteiger partial charge in [0.2, 0.25) is 5.91 Å². The van der Waals surface area contributed by atoms with Gasteiger partial charge in [0.15, 0.2) is 5.16 Å². The Hall–Kier alpha value is -2.54. The molecule has 0 saturated carbocycles. The van der Waals surface area contributed by atoms with Gasteiger partial charge in [-0.3, -0.25) is 14.2 Å². The number of anilines is 1. The number of rotatable bonds is 8. The Morgan fingerprint density at radius 3 is 2.94 bits per heavy atom. The quantitative estimate of drug-likeness (QED) is 0.280. The van der Waals surface area contributed by atoms with Crippen molar-refractivity contribution < 1.29 is 4.79 Å². The van der Waals surface area contributed by atoms with Gasteiger partial charge >= 0.3 is 0 Å². The number of para-hydroxylation sites is 1. The zero-order chi connectivity index (χ0) is 22.5. The highest BCUT2D eigenvalue weighted by atomic mass is 32.2. The molecule has 1 aromatic carbocycles. The van der Waals surface area contributed by atoms with Crippen molar-refractivity contribution in [2.24, 2.45) is 0 Å². The van der Waals surface area contributed by atoms with Crippen LogP contribution in [0.2, 0.25) is 0 Å². The van der Waals surface area contributed by atoms with Crippen LogP contribution in [-0.2, 0) is 24.2 Å². The van der Waals surface area contributed by atoms with Crippen molar-refractivity contribution in [1.29, 1.82) is 5.26 Å². The molecule has 0 spiro atoms. The van der Waals surface area contributed by atoms with E-state index in [9.17, 15) is 9.59 Å². The van der Waals surface area contributed by atoms with Gasteiger partial charge in [-0.1, -0.05) is 30.0 Å². The lowest BCUT2D eigenvalue weighted by molar-refractivity contribution is -0.113. The molecule has 0 aliphatic heterocycles. The summed E-state index contributed by atoms with van der Waals surface area (Å²) >= 11 is 4.24. The average Bonchev–Trinajstić information content (AvgIpc) is 3.18. The maximum absolute atomic E-state index is 13.3. The van der Waals surface area contributed by atoms with Crippen LogP contribution in [0.5, 0.6) is 0 Å². The molecule has 32 heavy (non-hydrogen) atoms. The van der Waals surface area contributed by atoms with E-state index in [-0.39, 0.29) is 17.2 Å². The van der Waals surface area contributed by atoms with E-state index in [1.807, 2.05) is 24.3 Å². The lowest BCUT2D eigenvalue weighted by Gasteiger charge is -2.13. The van der Waals surface area contributed by atoms with Crippen molar-refractivity contribution in [3.05, 3.63) is 57.7 Å². The molecule has 0 radical (unpaired) electrons. The first-order valence-electron chi connectivity index (χ1n) is 10.3. The fourth-order valence-corrected chi connectivity index (χ4v) is 6.52. The molecule has 1 amide bonds. The van der Waals surface area contributed by atoms with Crippen LogP contribution < -0.4 is 10.9 Å². The number of carbonyl (C=O) groups is 1. The normalized spacial score (nSPS) is 12.8. The first-order valence-corrected chi connectivity index (χ1v) is 13.1. The highest BCUT2D eigenvalue weighted by molar-refractivity contribution is 8.00. The van der Waals surface area contributed by atoms with Crippen molar-refractivity contribution in [2.75, 3.05) is 16.8 Å². The van der Waals surface area contributed by atoms with E-state index in [1.165, 1.54) is 28.4 Å². The summed E-state index contributed by atoms with van der Waals surface area (Å²) in [6, 6.07) is 9.50. The zero-order valence-electron chi connectivity index (χ0n) is 17.4. The number of amides is 1. The molecule has 0 atom stereocenters. The number of hydrogen-bond donors (Lipinski definition) is 1. The second kappa shape index (κ2) is 10.4. The third kappa shape index (κ3) is 4.77. The van der Waals surface area contributed by atoms with Crippen LogP contribution in [0.25, 0.3) is 10.2 Å². The molecule has 1 aliphatic carbocycles. The number of fused-ring (bicyclic) bond motifs is 3. The minimum atomic E-state index is -0.190. The van der Waals surface area contributed by atoms with Crippen molar-refractivity contribution in [3.63, 3.8) is 0 Å². The highest BCUT2D eigenvalue weighted by Crippen LogP contribution is 2.35. The van der Waals surface area contributed by atoms with E-state index in [2.05, 4.69) is 18.0 Å². The molecule has 0 saturated heterocycles. The van der Waals surface area contributed by atoms with E-state index >= 15 is 0 Å². The summed E-state index contributed by atoms with van der Waals surface area (Å²) in [5.41, 5.74) is 1.79. The summed E-state index contributed by atoms with van der Waals surface area (Å²) in [5, 5.41) is 13.0. The van der Waals surface area contributed by atoms with E-state index in [0.717, 1.165) is 46.4 Å². The van der Waals surface area contributed by atoms with Crippen molar-refractivity contribution in [3.8, 4) is 6.07 Å². The Kier molecular flexibility index (Phi) is 7.35. The number of thiophene rings is 1. The first-order chi connectivity index (χ1) is 15.6. The predicted molar refractivity (Wildman–Crippen MR) is 133 cm³/mol. The van der Waals surface area contributed by atoms with Gasteiger partial charge in [-0.15, -0.1) is 29.7 Å². The molecule has 1 aliphatic rings. The van der Waals surface area contributed by atoms with Crippen LogP contribution >= 0.6 is 34.9 Å². The molecule has 3 aromatic rings. The molecule has 0 bridgehead atoms. The van der Waals surface area contributed by atoms with Crippen molar-refractivity contribution in [1.82, 2.24) is 9.55 Å². The fourth-order valence-electron chi connectivity index (χ4n) is 3.74. The number of hydrogen-bond acceptors (Lipinski definition) is 7. The standard InChI is InChI=1S/C23H22N4O2S3/c1-2-12-27-22(29)20-15-7-3-5-9-17(15)32-21(20)26-23(27)31-14-19(28)25-16-8-4-6-10-18(16)30-13-11-24/h2,4,6,8,10H,1,3,5,7,9,12-14H2,(H,25,28). The number of aromatic nitrogens is 2. The third-order valence-electron chi connectivity index (χ3n) is 5.14. The van der Waals surface area contributed by atoms with Gasteiger partial charge in [0, 0.05) is 16.3 Å². The van der Waals surface area contributed by atoms with Gasteiger partial charge in [0.1, 0.15) is 4.83 Å². The van der Waals surface area contributed by atoms with Crippen LogP contribution in [0.15, 0.2) is 51.8 Å². The van der Waals surface area contributed by atoms with Crippen molar-refractivity contribution in [2.45, 2.75) is 42.3 Å². The number of aryl methyl sites for hydroxylation is 2. The number of nitrogens with zero attached hydrogens (tertiary/aromatic N) is 3. The topological polar surface area (TPSA) is 87.8 Å². The molecule has 0 fully saturated rings. The van der Waals surface area contributed by atoms with Crippen LogP contribution in [0.3, 0.4) is 0 Å². The summed E-state index contributed by atoms with van der Waals surface area (Å²) in [7, 11) is 0. The Labute approximate surface area is 198 Å². The Bertz CT molecular complexity index is 1270. The molecule has 6 nitrogen and oxygen atoms in total. The molecule has 0 unspecified atom stereocenters. The molecular weight excluding hydrogens is 460 g/mol. The second-order valence-electron chi connectivity index (χ2n) is 7.27. The molecule has 1 N–H and O–H groups in total. The van der Waals surface area contributed by atoms with Gasteiger partial charge in [0.05, 0.1) is 28.6 Å². The maximum atomic E-state index is 13.3. The summed E-state index contributed by atoms with van der Waals surface area (Å²) in [5.74, 6) is 0.242. The fraction of sp³-hybridized carbons (Fsp3) is 0.304. The Balaban J connectivity index is 1.56. The number of thioether (sulfide) groups is 2. The van der Waals surface area contributed by atoms with E-state index < -0.39 is 0 Å². The van der Waals surface area contributed by atoms with E-state index in [4.69, 9.17) is 10.2 Å². The molecule has 9 heteroatoms. The molecule has 2 aromatic heterocycles. The first kappa shape index (κ1) is 22.6. The summed E-state index contributed by atoms with van der Waals surface area (Å²) in [4.78, 5) is 33.6. The Morgan fingerprint density at radius 1 is 1.31 bits per heavy atom. The van der Waals surface area contributed by atoms with Gasteiger partial charge < -0.3 is 5.32 Å². The SMILES string of the molecule is C=CCn1c(SCC(=O)Nc2ccccc2SCC#N)nc2sc3c(c2c1=O)CCCC3. The highest BCUT2D eigenvalue weighted by Gasteiger charge is 2.22. The average molecular weight is 483 g/mol. The van der Waals surface area contributed by atoms with Gasteiger partial charge in [-0.05, 0) is 43.4 Å². The van der Waals surface area contributed by atoms with E-state index in [1.54, 1.807) is 22.0 Å². The zero-order valence-corrected chi connectivity index (χ0v) is 19.9. The van der Waals surface area contributed by atoms with Crippen LogP contribution in [0, 0.1) is 11.3 Å². The van der Waals surface area contributed by atoms with Crippen LogP contribution in [0.1, 0.15) is 23.3 Å². The minimum Gasteiger partial charge on any atom is -0.324 e. The largest absolute Gasteiger partial charge is 0.324 e. The lowest BCUT2D eigenvalue weighted by Crippen LogP contribution is -2.24. The molecular formula is C23H22N4O2S3. The van der Waals surface area contributed by atoms with Gasteiger partial charge in [-0.2, -0.15) is 5.26 Å². The maximum Gasteiger partial charge on any atom is 0.263 e. The smallest absolute Gasteiger partial charge is 0.263 e. The summed E-state index contributed by atoms with van der Waals surface area (Å²) < 4.78 is 1.62. The second-order valence-corrected chi connectivity index (χ2v) is 10.3. The summed E-state index contributed by atoms with van der Waals surface area (Å²) in [6.45, 7) is 4.13. The predicted octanol–water partition coefficient (Wildman–Crippen LogP) is 4.87. The molecule has 164 valence electrons. The van der Waals surface area contributed by atoms with E-state index in [0.29, 0.717) is 23.1 Å². The third-order valence-corrected chi connectivity index (χ3v) is 8.24. The van der Waals surface area contributed by atoms with Gasteiger partial charge in [-0.25, -0.2) is 4.98 Å². The number of allylic oxidation sites excluding steroid dienone is 1. The number of nitriles is 1. The molecule has 4 rings (SSSR count). The number of nitrogens with one attached hydrogen (secondary N) is 1. The monoisotopic (exact) mass is 482 g/mol. The minimum absolute atomic E-state index is 0.0459. The lowest BCUT2D eigenvalue weighted by atomic mass is 9.97. The van der Waals surface area contributed by atoms with Crippen LogP contribution in [0.4, 0.5) is 5.69 Å².